The zero-order valence-electron chi connectivity index (χ0n) is 19.1. The molecule has 0 saturated carbocycles. The summed E-state index contributed by atoms with van der Waals surface area (Å²) in [5, 5.41) is 13.0. The third-order valence-electron chi connectivity index (χ3n) is 4.77. The van der Waals surface area contributed by atoms with Crippen LogP contribution in [0, 0.1) is 35.2 Å². The average molecular weight is 499 g/mol. The monoisotopic (exact) mass is 498 g/mol. The van der Waals surface area contributed by atoms with E-state index in [0.717, 1.165) is 29.5 Å². The van der Waals surface area contributed by atoms with E-state index in [9.17, 15) is 22.8 Å². The number of nitrogens with one attached hydrogen (secondary N) is 1. The van der Waals surface area contributed by atoms with Crippen LogP contribution in [-0.2, 0) is 4.79 Å². The SMILES string of the molecule is CC(=Cc1c(F)cc(C(=O)Nc2nc(-c3cccc(C#CCC(C)C)c3F)cs2)cc1F)C(=O)O. The lowest BCUT2D eigenvalue weighted by atomic mass is 10.1. The number of aromatic nitrogens is 1. The molecule has 1 heterocycles. The molecule has 1 amide bonds. The lowest BCUT2D eigenvalue weighted by Gasteiger charge is -2.06. The van der Waals surface area contributed by atoms with Crippen LogP contribution >= 0.6 is 11.3 Å². The summed E-state index contributed by atoms with van der Waals surface area (Å²) >= 11 is 1.02. The summed E-state index contributed by atoms with van der Waals surface area (Å²) in [6.07, 6.45) is 1.48. The molecule has 0 atom stereocenters. The molecule has 2 N–H and O–H groups in total. The molecule has 35 heavy (non-hydrogen) atoms. The van der Waals surface area contributed by atoms with E-state index in [-0.39, 0.29) is 33.1 Å². The maximum Gasteiger partial charge on any atom is 0.331 e. The summed E-state index contributed by atoms with van der Waals surface area (Å²) in [5.74, 6) is 1.26. The van der Waals surface area contributed by atoms with Crippen molar-refractivity contribution in [3.63, 3.8) is 0 Å². The molecule has 0 aliphatic rings. The molecule has 0 radical (unpaired) electrons. The molecule has 0 spiro atoms. The summed E-state index contributed by atoms with van der Waals surface area (Å²) in [4.78, 5) is 27.6. The molecule has 0 aliphatic heterocycles. The van der Waals surface area contributed by atoms with Crippen LogP contribution in [0.15, 0.2) is 41.3 Å². The Bertz CT molecular complexity index is 1360. The number of halogens is 3. The molecule has 1 aromatic heterocycles. The number of benzene rings is 2. The molecule has 0 fully saturated rings. The zero-order valence-corrected chi connectivity index (χ0v) is 19.9. The van der Waals surface area contributed by atoms with Crippen molar-refractivity contribution in [2.45, 2.75) is 27.2 Å². The normalized spacial score (nSPS) is 11.2. The Hall–Kier alpha value is -3.90. The maximum absolute atomic E-state index is 14.9. The van der Waals surface area contributed by atoms with Gasteiger partial charge in [-0.15, -0.1) is 11.3 Å². The fraction of sp³-hybridized carbons (Fsp3) is 0.192. The lowest BCUT2D eigenvalue weighted by molar-refractivity contribution is -0.132. The van der Waals surface area contributed by atoms with Crippen molar-refractivity contribution in [2.24, 2.45) is 5.92 Å². The summed E-state index contributed by atoms with van der Waals surface area (Å²) in [6.45, 7) is 5.22. The second kappa shape index (κ2) is 11.0. The van der Waals surface area contributed by atoms with E-state index in [4.69, 9.17) is 5.11 Å². The number of aliphatic carboxylic acids is 1. The number of hydrogen-bond acceptors (Lipinski definition) is 4. The van der Waals surface area contributed by atoms with E-state index >= 15 is 0 Å². The smallest absolute Gasteiger partial charge is 0.331 e. The van der Waals surface area contributed by atoms with Crippen LogP contribution in [0.25, 0.3) is 17.3 Å². The number of nitrogens with zero attached hydrogens (tertiary/aromatic N) is 1. The van der Waals surface area contributed by atoms with Crippen molar-refractivity contribution in [1.82, 2.24) is 4.98 Å². The van der Waals surface area contributed by atoms with Crippen LogP contribution < -0.4 is 5.32 Å². The summed E-state index contributed by atoms with van der Waals surface area (Å²) in [7, 11) is 0. The maximum atomic E-state index is 14.9. The van der Waals surface area contributed by atoms with Gasteiger partial charge < -0.3 is 5.11 Å². The fourth-order valence-electron chi connectivity index (χ4n) is 2.93. The van der Waals surface area contributed by atoms with Gasteiger partial charge in [0.25, 0.3) is 5.91 Å². The first-order valence-electron chi connectivity index (χ1n) is 10.5. The Balaban J connectivity index is 1.81. The topological polar surface area (TPSA) is 79.3 Å². The highest BCUT2D eigenvalue weighted by molar-refractivity contribution is 7.14. The minimum atomic E-state index is -1.32. The first-order chi connectivity index (χ1) is 16.6. The Morgan fingerprint density at radius 3 is 2.51 bits per heavy atom. The number of thiazole rings is 1. The van der Waals surface area contributed by atoms with E-state index in [0.29, 0.717) is 12.3 Å². The van der Waals surface area contributed by atoms with Crippen LogP contribution in [0.5, 0.6) is 0 Å². The van der Waals surface area contributed by atoms with Gasteiger partial charge >= 0.3 is 5.97 Å². The van der Waals surface area contributed by atoms with Gasteiger partial charge in [0.15, 0.2) is 5.13 Å². The molecule has 0 saturated heterocycles. The molecule has 0 bridgehead atoms. The van der Waals surface area contributed by atoms with Gasteiger partial charge in [-0.3, -0.25) is 10.1 Å². The number of hydrogen-bond donors (Lipinski definition) is 2. The van der Waals surface area contributed by atoms with Gasteiger partial charge in [0.2, 0.25) is 0 Å². The Morgan fingerprint density at radius 2 is 1.89 bits per heavy atom. The standard InChI is InChI=1S/C26H21F3N2O3S/c1-14(2)6-4-7-16-8-5-9-18(23(16)29)22-13-35-26(30-22)31-24(32)17-11-20(27)19(21(28)12-17)10-15(3)25(33)34/h5,8-14H,6H2,1-3H3,(H,33,34)(H,30,31,32). The highest BCUT2D eigenvalue weighted by Gasteiger charge is 2.18. The lowest BCUT2D eigenvalue weighted by Crippen LogP contribution is -2.13. The van der Waals surface area contributed by atoms with Crippen molar-refractivity contribution in [2.75, 3.05) is 5.32 Å². The molecular weight excluding hydrogens is 477 g/mol. The Morgan fingerprint density at radius 1 is 1.20 bits per heavy atom. The van der Waals surface area contributed by atoms with Crippen molar-refractivity contribution < 1.29 is 27.9 Å². The molecule has 9 heteroatoms. The van der Waals surface area contributed by atoms with Crippen molar-refractivity contribution >= 4 is 34.4 Å². The summed E-state index contributed by atoms with van der Waals surface area (Å²) in [6, 6.07) is 6.36. The van der Waals surface area contributed by atoms with Crippen LogP contribution in [0.2, 0.25) is 0 Å². The van der Waals surface area contributed by atoms with Crippen LogP contribution in [0.3, 0.4) is 0 Å². The quantitative estimate of drug-likeness (QED) is 0.306. The third kappa shape index (κ3) is 6.37. The van der Waals surface area contributed by atoms with Gasteiger partial charge in [-0.1, -0.05) is 31.8 Å². The summed E-state index contributed by atoms with van der Waals surface area (Å²) < 4.78 is 43.6. The second-order valence-electron chi connectivity index (χ2n) is 8.04. The first-order valence-corrected chi connectivity index (χ1v) is 11.4. The molecule has 5 nitrogen and oxygen atoms in total. The van der Waals surface area contributed by atoms with Crippen molar-refractivity contribution in [3.05, 3.63) is 75.4 Å². The molecule has 0 unspecified atom stereocenters. The molecule has 3 rings (SSSR count). The zero-order chi connectivity index (χ0) is 25.7. The fourth-order valence-corrected chi connectivity index (χ4v) is 3.64. The number of carbonyl (C=O) groups is 2. The minimum absolute atomic E-state index is 0.104. The highest BCUT2D eigenvalue weighted by Crippen LogP contribution is 2.29. The summed E-state index contributed by atoms with van der Waals surface area (Å²) in [5.41, 5.74) is -0.435. The predicted octanol–water partition coefficient (Wildman–Crippen LogP) is 6.37. The van der Waals surface area contributed by atoms with Gasteiger partial charge in [0.1, 0.15) is 17.5 Å². The molecule has 180 valence electrons. The third-order valence-corrected chi connectivity index (χ3v) is 5.53. The van der Waals surface area contributed by atoms with Crippen molar-refractivity contribution in [3.8, 4) is 23.1 Å². The number of carboxylic acid groups (broad SMARTS) is 1. The molecular formula is C26H21F3N2O3S. The average Bonchev–Trinajstić information content (AvgIpc) is 3.24. The number of rotatable bonds is 6. The number of amides is 1. The molecule has 2 aromatic carbocycles. The van der Waals surface area contributed by atoms with Crippen molar-refractivity contribution in [1.29, 1.82) is 0 Å². The number of carbonyl (C=O) groups excluding carboxylic acids is 1. The Kier molecular flexibility index (Phi) is 8.10. The van der Waals surface area contributed by atoms with Crippen LogP contribution in [0.1, 0.15) is 48.7 Å². The van der Waals surface area contributed by atoms with Crippen LogP contribution in [0.4, 0.5) is 18.3 Å². The van der Waals surface area contributed by atoms with E-state index < -0.39 is 34.9 Å². The first kappa shape index (κ1) is 25.7. The van der Waals surface area contributed by atoms with E-state index in [1.54, 1.807) is 23.6 Å². The largest absolute Gasteiger partial charge is 0.478 e. The number of carboxylic acids is 1. The van der Waals surface area contributed by atoms with E-state index in [2.05, 4.69) is 22.1 Å². The van der Waals surface area contributed by atoms with Gasteiger partial charge in [-0.2, -0.15) is 0 Å². The molecule has 0 aliphatic carbocycles. The van der Waals surface area contributed by atoms with Gasteiger partial charge in [0, 0.05) is 34.1 Å². The van der Waals surface area contributed by atoms with Gasteiger partial charge in [-0.25, -0.2) is 22.9 Å². The van der Waals surface area contributed by atoms with Gasteiger partial charge in [0.05, 0.1) is 11.3 Å². The molecule has 3 aromatic rings. The number of anilines is 1. The minimum Gasteiger partial charge on any atom is -0.478 e. The van der Waals surface area contributed by atoms with E-state index in [1.165, 1.54) is 6.92 Å². The highest BCUT2D eigenvalue weighted by atomic mass is 32.1. The van der Waals surface area contributed by atoms with Crippen LogP contribution in [-0.4, -0.2) is 22.0 Å². The Labute approximate surface area is 204 Å². The predicted molar refractivity (Wildman–Crippen MR) is 129 cm³/mol. The second-order valence-corrected chi connectivity index (χ2v) is 8.90. The van der Waals surface area contributed by atoms with Gasteiger partial charge in [-0.05, 0) is 43.2 Å². The van der Waals surface area contributed by atoms with E-state index in [1.807, 2.05) is 13.8 Å².